The van der Waals surface area contributed by atoms with Crippen molar-refractivity contribution < 1.29 is 9.59 Å². The average molecular weight is 256 g/mol. The quantitative estimate of drug-likeness (QED) is 0.832. The molecule has 0 unspecified atom stereocenters. The number of rotatable bonds is 4. The number of amides is 2. The maximum absolute atomic E-state index is 11.8. The number of primary amides is 1. The van der Waals surface area contributed by atoms with E-state index < -0.39 is 5.91 Å². The van der Waals surface area contributed by atoms with Crippen LogP contribution in [0.5, 0.6) is 0 Å². The molecule has 6 nitrogen and oxygen atoms in total. The van der Waals surface area contributed by atoms with Crippen LogP contribution in [0, 0.1) is 0 Å². The number of hydrogen-bond donors (Lipinski definition) is 2. The van der Waals surface area contributed by atoms with E-state index in [0.29, 0.717) is 6.54 Å². The maximum Gasteiger partial charge on any atom is 0.270 e. The van der Waals surface area contributed by atoms with E-state index in [-0.39, 0.29) is 17.3 Å². The van der Waals surface area contributed by atoms with Gasteiger partial charge >= 0.3 is 0 Å². The first-order chi connectivity index (χ1) is 9.16. The summed E-state index contributed by atoms with van der Waals surface area (Å²) in [6.45, 7) is 0.342. The summed E-state index contributed by atoms with van der Waals surface area (Å²) in [5.41, 5.74) is 6.20. The zero-order valence-electron chi connectivity index (χ0n) is 10.0. The highest BCUT2D eigenvalue weighted by Crippen LogP contribution is 2.00. The van der Waals surface area contributed by atoms with Crippen LogP contribution >= 0.6 is 0 Å². The Hall–Kier alpha value is -2.76. The van der Waals surface area contributed by atoms with E-state index in [4.69, 9.17) is 5.73 Å². The Kier molecular flexibility index (Phi) is 3.82. The number of aromatic nitrogens is 2. The van der Waals surface area contributed by atoms with Crippen LogP contribution in [0.4, 0.5) is 0 Å². The molecule has 19 heavy (non-hydrogen) atoms. The molecular weight excluding hydrogens is 244 g/mol. The zero-order chi connectivity index (χ0) is 13.7. The van der Waals surface area contributed by atoms with Crippen molar-refractivity contribution >= 4 is 11.8 Å². The molecule has 2 heterocycles. The van der Waals surface area contributed by atoms with Gasteiger partial charge in [-0.15, -0.1) is 0 Å². The second-order valence-corrected chi connectivity index (χ2v) is 3.82. The highest BCUT2D eigenvalue weighted by Gasteiger charge is 2.09. The molecule has 6 heteroatoms. The molecule has 0 spiro atoms. The first-order valence-corrected chi connectivity index (χ1v) is 5.61. The predicted octanol–water partition coefficient (Wildman–Crippen LogP) is 0.505. The smallest absolute Gasteiger partial charge is 0.270 e. The molecule has 0 aromatic carbocycles. The van der Waals surface area contributed by atoms with Crippen molar-refractivity contribution in [1.29, 1.82) is 0 Å². The Morgan fingerprint density at radius 3 is 2.63 bits per heavy atom. The number of carbonyl (C=O) groups is 2. The fourth-order valence-electron chi connectivity index (χ4n) is 1.47. The van der Waals surface area contributed by atoms with E-state index in [1.165, 1.54) is 12.1 Å². The van der Waals surface area contributed by atoms with Gasteiger partial charge in [0.05, 0.1) is 0 Å². The van der Waals surface area contributed by atoms with Crippen molar-refractivity contribution in [3.8, 4) is 0 Å². The Morgan fingerprint density at radius 1 is 1.16 bits per heavy atom. The van der Waals surface area contributed by atoms with Crippen LogP contribution in [0.15, 0.2) is 42.7 Å². The molecule has 2 aromatic heterocycles. The summed E-state index contributed by atoms with van der Waals surface area (Å²) in [5.74, 6) is -1.03. The van der Waals surface area contributed by atoms with Crippen molar-refractivity contribution in [2.45, 2.75) is 6.54 Å². The molecule has 0 fully saturated rings. The monoisotopic (exact) mass is 256 g/mol. The molecule has 2 aromatic rings. The molecule has 0 atom stereocenters. The maximum atomic E-state index is 11.8. The summed E-state index contributed by atoms with van der Waals surface area (Å²) >= 11 is 0. The summed E-state index contributed by atoms with van der Waals surface area (Å²) in [6, 6.07) is 8.17. The van der Waals surface area contributed by atoms with Crippen LogP contribution in [-0.4, -0.2) is 21.8 Å². The molecule has 2 rings (SSSR count). The number of nitrogens with two attached hydrogens (primary N) is 1. The SMILES string of the molecule is NC(=O)c1cccc(C(=O)NCc2cccnc2)n1. The third-order valence-corrected chi connectivity index (χ3v) is 2.41. The molecule has 0 bridgehead atoms. The fraction of sp³-hybridized carbons (Fsp3) is 0.0769. The molecule has 0 radical (unpaired) electrons. The van der Waals surface area contributed by atoms with Gasteiger partial charge in [-0.05, 0) is 23.8 Å². The second kappa shape index (κ2) is 5.72. The Morgan fingerprint density at radius 2 is 1.95 bits per heavy atom. The number of pyridine rings is 2. The zero-order valence-corrected chi connectivity index (χ0v) is 10.0. The van der Waals surface area contributed by atoms with Crippen LogP contribution in [0.25, 0.3) is 0 Å². The van der Waals surface area contributed by atoms with Crippen LogP contribution in [-0.2, 0) is 6.54 Å². The molecule has 0 aliphatic carbocycles. The fourth-order valence-corrected chi connectivity index (χ4v) is 1.47. The molecular formula is C13H12N4O2. The van der Waals surface area contributed by atoms with Gasteiger partial charge < -0.3 is 11.1 Å². The van der Waals surface area contributed by atoms with Crippen molar-refractivity contribution in [3.05, 3.63) is 59.7 Å². The minimum atomic E-state index is -0.665. The Bertz CT molecular complexity index is 599. The summed E-state index contributed by atoms with van der Waals surface area (Å²) in [5, 5.41) is 2.69. The van der Waals surface area contributed by atoms with Gasteiger partial charge in [-0.3, -0.25) is 14.6 Å². The third-order valence-electron chi connectivity index (χ3n) is 2.41. The lowest BCUT2D eigenvalue weighted by molar-refractivity contribution is 0.0945. The van der Waals surface area contributed by atoms with Gasteiger partial charge in [-0.2, -0.15) is 0 Å². The van der Waals surface area contributed by atoms with Crippen LogP contribution in [0.3, 0.4) is 0 Å². The lowest BCUT2D eigenvalue weighted by Gasteiger charge is -2.05. The van der Waals surface area contributed by atoms with E-state index in [9.17, 15) is 9.59 Å². The lowest BCUT2D eigenvalue weighted by atomic mass is 10.2. The molecule has 0 aliphatic rings. The average Bonchev–Trinajstić information content (AvgIpc) is 2.46. The minimum absolute atomic E-state index is 0.0639. The number of hydrogen-bond acceptors (Lipinski definition) is 4. The standard InChI is InChI=1S/C13H12N4O2/c14-12(18)10-4-1-5-11(17-10)13(19)16-8-9-3-2-6-15-7-9/h1-7H,8H2,(H2,14,18)(H,16,19). The summed E-state index contributed by atoms with van der Waals surface area (Å²) in [4.78, 5) is 30.6. The normalized spacial score (nSPS) is 9.89. The number of nitrogens with zero attached hydrogens (tertiary/aromatic N) is 2. The van der Waals surface area contributed by atoms with Crippen molar-refractivity contribution in [2.24, 2.45) is 5.73 Å². The Balaban J connectivity index is 2.04. The Labute approximate surface area is 109 Å². The van der Waals surface area contributed by atoms with E-state index in [1.807, 2.05) is 6.07 Å². The number of nitrogens with one attached hydrogen (secondary N) is 1. The van der Waals surface area contributed by atoms with Crippen molar-refractivity contribution in [3.63, 3.8) is 0 Å². The third kappa shape index (κ3) is 3.35. The van der Waals surface area contributed by atoms with Crippen LogP contribution < -0.4 is 11.1 Å². The van der Waals surface area contributed by atoms with Gasteiger partial charge in [-0.1, -0.05) is 12.1 Å². The topological polar surface area (TPSA) is 98.0 Å². The van der Waals surface area contributed by atoms with Gasteiger partial charge in [0, 0.05) is 18.9 Å². The summed E-state index contributed by atoms with van der Waals surface area (Å²) < 4.78 is 0. The molecule has 3 N–H and O–H groups in total. The molecule has 0 saturated heterocycles. The van der Waals surface area contributed by atoms with E-state index >= 15 is 0 Å². The van der Waals surface area contributed by atoms with Gasteiger partial charge in [0.15, 0.2) is 0 Å². The van der Waals surface area contributed by atoms with Crippen LogP contribution in [0.1, 0.15) is 26.5 Å². The van der Waals surface area contributed by atoms with E-state index in [0.717, 1.165) is 5.56 Å². The van der Waals surface area contributed by atoms with Crippen LogP contribution in [0.2, 0.25) is 0 Å². The van der Waals surface area contributed by atoms with Crippen molar-refractivity contribution in [2.75, 3.05) is 0 Å². The number of carbonyl (C=O) groups excluding carboxylic acids is 2. The minimum Gasteiger partial charge on any atom is -0.364 e. The molecule has 0 aliphatic heterocycles. The van der Waals surface area contributed by atoms with Gasteiger partial charge in [0.25, 0.3) is 11.8 Å². The first kappa shape index (κ1) is 12.7. The second-order valence-electron chi connectivity index (χ2n) is 3.82. The highest BCUT2D eigenvalue weighted by molar-refractivity contribution is 5.95. The highest BCUT2D eigenvalue weighted by atomic mass is 16.2. The van der Waals surface area contributed by atoms with E-state index in [2.05, 4.69) is 15.3 Å². The van der Waals surface area contributed by atoms with Gasteiger partial charge in [0.1, 0.15) is 11.4 Å². The first-order valence-electron chi connectivity index (χ1n) is 5.61. The van der Waals surface area contributed by atoms with E-state index in [1.54, 1.807) is 24.5 Å². The lowest BCUT2D eigenvalue weighted by Crippen LogP contribution is -2.25. The van der Waals surface area contributed by atoms with Crippen molar-refractivity contribution in [1.82, 2.24) is 15.3 Å². The summed E-state index contributed by atoms with van der Waals surface area (Å²) in [7, 11) is 0. The molecule has 96 valence electrons. The predicted molar refractivity (Wildman–Crippen MR) is 68.2 cm³/mol. The van der Waals surface area contributed by atoms with Gasteiger partial charge in [-0.25, -0.2) is 4.98 Å². The molecule has 0 saturated carbocycles. The largest absolute Gasteiger partial charge is 0.364 e. The van der Waals surface area contributed by atoms with Gasteiger partial charge in [0.2, 0.25) is 0 Å². The summed E-state index contributed by atoms with van der Waals surface area (Å²) in [6.07, 6.45) is 3.32. The molecule has 2 amide bonds.